The molecule has 1 saturated heterocycles. The molecule has 0 atom stereocenters. The van der Waals surface area contributed by atoms with Crippen LogP contribution in [0.1, 0.15) is 43.6 Å². The Hall–Kier alpha value is -1.56. The molecular weight excluding hydrogens is 274 g/mol. The lowest BCUT2D eigenvalue weighted by molar-refractivity contribution is 0.0690. The molecule has 6 heteroatoms. The number of imidazole rings is 1. The van der Waals surface area contributed by atoms with Gasteiger partial charge in [0.2, 0.25) is 0 Å². The molecule has 2 aromatic heterocycles. The number of anilines is 1. The first-order valence-corrected chi connectivity index (χ1v) is 7.92. The summed E-state index contributed by atoms with van der Waals surface area (Å²) < 4.78 is 1.68. The summed E-state index contributed by atoms with van der Waals surface area (Å²) in [7, 11) is 0. The molecule has 0 aliphatic carbocycles. The molecule has 0 unspecified atom stereocenters. The van der Waals surface area contributed by atoms with E-state index in [2.05, 4.69) is 23.7 Å². The molecule has 3 rings (SSSR count). The van der Waals surface area contributed by atoms with Crippen LogP contribution >= 0.6 is 11.3 Å². The molecule has 0 aromatic carbocycles. The lowest BCUT2D eigenvalue weighted by atomic mass is 9.82. The molecule has 3 heterocycles. The summed E-state index contributed by atoms with van der Waals surface area (Å²) in [6, 6.07) is 0. The third-order valence-electron chi connectivity index (χ3n) is 4.68. The van der Waals surface area contributed by atoms with E-state index in [0.717, 1.165) is 37.3 Å². The predicted octanol–water partition coefficient (Wildman–Crippen LogP) is 3.11. The van der Waals surface area contributed by atoms with E-state index in [1.807, 2.05) is 5.38 Å². The highest BCUT2D eigenvalue weighted by molar-refractivity contribution is 7.15. The van der Waals surface area contributed by atoms with E-state index >= 15 is 0 Å². The molecule has 0 bridgehead atoms. The molecule has 1 aliphatic rings. The van der Waals surface area contributed by atoms with Gasteiger partial charge in [-0.25, -0.2) is 9.78 Å². The van der Waals surface area contributed by atoms with Crippen LogP contribution in [-0.2, 0) is 0 Å². The van der Waals surface area contributed by atoms with Crippen molar-refractivity contribution in [3.05, 3.63) is 17.3 Å². The van der Waals surface area contributed by atoms with Gasteiger partial charge in [0.1, 0.15) is 0 Å². The number of nitrogens with zero attached hydrogens (tertiary/aromatic N) is 3. The fraction of sp³-hybridized carbons (Fsp3) is 0.571. The Balaban J connectivity index is 2.01. The number of aromatic carboxylic acids is 1. The van der Waals surface area contributed by atoms with E-state index in [1.54, 1.807) is 10.6 Å². The quantitative estimate of drug-likeness (QED) is 0.941. The Morgan fingerprint density at radius 3 is 2.85 bits per heavy atom. The first-order valence-electron chi connectivity index (χ1n) is 7.04. The molecule has 20 heavy (non-hydrogen) atoms. The first-order chi connectivity index (χ1) is 9.60. The van der Waals surface area contributed by atoms with Crippen LogP contribution in [0.3, 0.4) is 0 Å². The third-order valence-corrected chi connectivity index (χ3v) is 5.44. The van der Waals surface area contributed by atoms with Gasteiger partial charge in [-0.15, -0.1) is 11.3 Å². The van der Waals surface area contributed by atoms with Crippen molar-refractivity contribution >= 4 is 28.1 Å². The van der Waals surface area contributed by atoms with Crippen LogP contribution in [0.2, 0.25) is 0 Å². The van der Waals surface area contributed by atoms with Gasteiger partial charge >= 0.3 is 5.97 Å². The Labute approximate surface area is 121 Å². The Morgan fingerprint density at radius 1 is 1.50 bits per heavy atom. The topological polar surface area (TPSA) is 57.8 Å². The summed E-state index contributed by atoms with van der Waals surface area (Å²) in [5.74, 6) is -0.274. The lowest BCUT2D eigenvalue weighted by Gasteiger charge is -2.26. The van der Waals surface area contributed by atoms with Crippen molar-refractivity contribution in [3.63, 3.8) is 0 Å². The van der Waals surface area contributed by atoms with Crippen LogP contribution in [0, 0.1) is 5.41 Å². The molecule has 0 saturated carbocycles. The standard InChI is InChI=1S/C14H19N3O2S/c1-3-14(4-2)5-6-16(9-14)11-10(12(18)19)17-7-8-20-13(17)15-11/h7-8H,3-6,9H2,1-2H3,(H,18,19). The SMILES string of the molecule is CCC1(CC)CCN(c2nc3sccn3c2C(=O)O)C1. The second-order valence-electron chi connectivity index (χ2n) is 5.52. The molecule has 1 aliphatic heterocycles. The van der Waals surface area contributed by atoms with Crippen molar-refractivity contribution in [2.24, 2.45) is 5.41 Å². The Morgan fingerprint density at radius 2 is 2.25 bits per heavy atom. The van der Waals surface area contributed by atoms with Gasteiger partial charge in [-0.05, 0) is 24.7 Å². The number of carboxylic acid groups (broad SMARTS) is 1. The average Bonchev–Trinajstić information content (AvgIpc) is 3.11. The first kappa shape index (κ1) is 13.4. The summed E-state index contributed by atoms with van der Waals surface area (Å²) in [5.41, 5.74) is 0.608. The van der Waals surface area contributed by atoms with Crippen molar-refractivity contribution in [1.82, 2.24) is 9.38 Å². The molecule has 2 aromatic rings. The van der Waals surface area contributed by atoms with Gasteiger partial charge in [-0.1, -0.05) is 13.8 Å². The second kappa shape index (κ2) is 4.77. The highest BCUT2D eigenvalue weighted by Crippen LogP contribution is 2.40. The minimum absolute atomic E-state index is 0.296. The van der Waals surface area contributed by atoms with E-state index in [0.29, 0.717) is 16.9 Å². The van der Waals surface area contributed by atoms with Crippen molar-refractivity contribution in [2.75, 3.05) is 18.0 Å². The van der Waals surface area contributed by atoms with Crippen LogP contribution in [0.5, 0.6) is 0 Å². The molecule has 0 radical (unpaired) electrons. The summed E-state index contributed by atoms with van der Waals surface area (Å²) >= 11 is 1.47. The van der Waals surface area contributed by atoms with Gasteiger partial charge in [-0.2, -0.15) is 0 Å². The van der Waals surface area contributed by atoms with E-state index in [9.17, 15) is 9.90 Å². The molecule has 108 valence electrons. The monoisotopic (exact) mass is 293 g/mol. The van der Waals surface area contributed by atoms with Crippen LogP contribution < -0.4 is 4.90 Å². The smallest absolute Gasteiger partial charge is 0.356 e. The summed E-state index contributed by atoms with van der Waals surface area (Å²) in [6.45, 7) is 6.24. The number of fused-ring (bicyclic) bond motifs is 1. The summed E-state index contributed by atoms with van der Waals surface area (Å²) in [6.07, 6.45) is 5.16. The number of hydrogen-bond acceptors (Lipinski definition) is 4. The minimum atomic E-state index is -0.906. The van der Waals surface area contributed by atoms with Crippen LogP contribution in [0.25, 0.3) is 4.96 Å². The fourth-order valence-electron chi connectivity index (χ4n) is 3.14. The maximum atomic E-state index is 11.6. The number of thiazole rings is 1. The molecule has 1 N–H and O–H groups in total. The van der Waals surface area contributed by atoms with E-state index in [-0.39, 0.29) is 0 Å². The van der Waals surface area contributed by atoms with Crippen molar-refractivity contribution in [1.29, 1.82) is 0 Å². The molecular formula is C14H19N3O2S. The summed E-state index contributed by atoms with van der Waals surface area (Å²) in [4.78, 5) is 19.0. The minimum Gasteiger partial charge on any atom is -0.476 e. The largest absolute Gasteiger partial charge is 0.476 e. The van der Waals surface area contributed by atoms with Crippen molar-refractivity contribution in [2.45, 2.75) is 33.1 Å². The van der Waals surface area contributed by atoms with Gasteiger partial charge in [0.15, 0.2) is 16.5 Å². The predicted molar refractivity (Wildman–Crippen MR) is 79.9 cm³/mol. The summed E-state index contributed by atoms with van der Waals surface area (Å²) in [5, 5.41) is 11.4. The van der Waals surface area contributed by atoms with Gasteiger partial charge in [0, 0.05) is 24.7 Å². The number of carbonyl (C=O) groups is 1. The van der Waals surface area contributed by atoms with Crippen LogP contribution in [0.15, 0.2) is 11.6 Å². The van der Waals surface area contributed by atoms with Crippen molar-refractivity contribution < 1.29 is 9.90 Å². The molecule has 1 fully saturated rings. The molecule has 0 amide bonds. The number of carboxylic acids is 1. The second-order valence-corrected chi connectivity index (χ2v) is 6.40. The lowest BCUT2D eigenvalue weighted by Crippen LogP contribution is -2.27. The average molecular weight is 293 g/mol. The van der Waals surface area contributed by atoms with Gasteiger partial charge in [0.25, 0.3) is 0 Å². The molecule has 5 nitrogen and oxygen atoms in total. The van der Waals surface area contributed by atoms with Crippen LogP contribution in [-0.4, -0.2) is 33.6 Å². The number of hydrogen-bond donors (Lipinski definition) is 1. The van der Waals surface area contributed by atoms with E-state index in [1.165, 1.54) is 11.3 Å². The zero-order valence-corrected chi connectivity index (χ0v) is 12.6. The van der Waals surface area contributed by atoms with E-state index in [4.69, 9.17) is 0 Å². The number of rotatable bonds is 4. The van der Waals surface area contributed by atoms with Gasteiger partial charge in [0.05, 0.1) is 0 Å². The van der Waals surface area contributed by atoms with Crippen molar-refractivity contribution in [3.8, 4) is 0 Å². The van der Waals surface area contributed by atoms with Gasteiger partial charge < -0.3 is 10.0 Å². The zero-order valence-electron chi connectivity index (χ0n) is 11.8. The van der Waals surface area contributed by atoms with Gasteiger partial charge in [-0.3, -0.25) is 4.40 Å². The third kappa shape index (κ3) is 1.90. The normalized spacial score (nSPS) is 18.0. The maximum Gasteiger partial charge on any atom is 0.356 e. The molecule has 0 spiro atoms. The number of aromatic nitrogens is 2. The fourth-order valence-corrected chi connectivity index (χ4v) is 3.85. The highest BCUT2D eigenvalue weighted by Gasteiger charge is 2.37. The zero-order chi connectivity index (χ0) is 14.3. The highest BCUT2D eigenvalue weighted by atomic mass is 32.1. The maximum absolute atomic E-state index is 11.6. The van der Waals surface area contributed by atoms with E-state index < -0.39 is 5.97 Å². The Bertz CT molecular complexity index is 642. The Kier molecular flexibility index (Phi) is 3.20. The van der Waals surface area contributed by atoms with Crippen LogP contribution in [0.4, 0.5) is 5.82 Å².